The quantitative estimate of drug-likeness (QED) is 0.639. The van der Waals surface area contributed by atoms with Crippen LogP contribution in [0.15, 0.2) is 29.2 Å². The topological polar surface area (TPSA) is 115 Å². The summed E-state index contributed by atoms with van der Waals surface area (Å²) in [4.78, 5) is 9.97. The third kappa shape index (κ3) is 3.33. The van der Waals surface area contributed by atoms with Gasteiger partial charge in [0.05, 0.1) is 9.82 Å². The van der Waals surface area contributed by atoms with Crippen molar-refractivity contribution in [2.45, 2.75) is 42.7 Å². The number of benzene rings is 1. The molecule has 0 radical (unpaired) electrons. The van der Waals surface area contributed by atoms with Crippen LogP contribution in [-0.2, 0) is 10.0 Å². The summed E-state index contributed by atoms with van der Waals surface area (Å²) in [5, 5.41) is 10.7. The largest absolute Gasteiger partial charge is 0.326 e. The molecule has 0 aromatic heterocycles. The maximum Gasteiger partial charge on any atom is 0.270 e. The smallest absolute Gasteiger partial charge is 0.270 e. The van der Waals surface area contributed by atoms with Gasteiger partial charge in [-0.15, -0.1) is 0 Å². The highest BCUT2D eigenvalue weighted by Gasteiger charge is 2.27. The zero-order valence-corrected chi connectivity index (χ0v) is 11.7. The Kier molecular flexibility index (Phi) is 4.36. The standard InChI is InChI=1S/C12H17N3O4S/c13-11-6-1-2-7-12(11)14-20(18,19)10-5-3-4-9(8-10)15(16)17/h3-5,8,11-12,14H,1-2,6-7,13H2. The Morgan fingerprint density at radius 2 is 2.00 bits per heavy atom. The van der Waals surface area contributed by atoms with Gasteiger partial charge in [0.25, 0.3) is 5.69 Å². The van der Waals surface area contributed by atoms with Crippen molar-refractivity contribution >= 4 is 15.7 Å². The normalized spacial score (nSPS) is 23.4. The van der Waals surface area contributed by atoms with Crippen molar-refractivity contribution in [2.75, 3.05) is 0 Å². The number of sulfonamides is 1. The Hall–Kier alpha value is -1.51. The number of nitrogens with one attached hydrogen (secondary N) is 1. The van der Waals surface area contributed by atoms with E-state index in [1.807, 2.05) is 0 Å². The molecule has 1 aliphatic carbocycles. The number of nitrogens with zero attached hydrogens (tertiary/aromatic N) is 1. The molecule has 2 rings (SSSR count). The molecular weight excluding hydrogens is 282 g/mol. The molecular formula is C12H17N3O4S. The molecule has 1 aromatic rings. The van der Waals surface area contributed by atoms with Crippen LogP contribution < -0.4 is 10.5 Å². The molecule has 1 fully saturated rings. The van der Waals surface area contributed by atoms with Gasteiger partial charge in [-0.1, -0.05) is 18.9 Å². The van der Waals surface area contributed by atoms with E-state index in [2.05, 4.69) is 4.72 Å². The van der Waals surface area contributed by atoms with Gasteiger partial charge >= 0.3 is 0 Å². The number of nitro benzene ring substituents is 1. The van der Waals surface area contributed by atoms with Crippen LogP contribution in [0.3, 0.4) is 0 Å². The maximum atomic E-state index is 12.2. The summed E-state index contributed by atoms with van der Waals surface area (Å²) in [6.07, 6.45) is 3.39. The first-order valence-electron chi connectivity index (χ1n) is 6.42. The van der Waals surface area contributed by atoms with Crippen molar-refractivity contribution in [3.8, 4) is 0 Å². The third-order valence-electron chi connectivity index (χ3n) is 3.46. The highest BCUT2D eigenvalue weighted by molar-refractivity contribution is 7.89. The van der Waals surface area contributed by atoms with E-state index in [4.69, 9.17) is 5.73 Å². The van der Waals surface area contributed by atoms with Crippen LogP contribution in [0.4, 0.5) is 5.69 Å². The van der Waals surface area contributed by atoms with E-state index in [1.54, 1.807) is 0 Å². The van der Waals surface area contributed by atoms with Gasteiger partial charge in [-0.25, -0.2) is 13.1 Å². The molecule has 2 unspecified atom stereocenters. The van der Waals surface area contributed by atoms with E-state index in [9.17, 15) is 18.5 Å². The molecule has 0 spiro atoms. The zero-order valence-electron chi connectivity index (χ0n) is 10.9. The first kappa shape index (κ1) is 14.9. The summed E-state index contributed by atoms with van der Waals surface area (Å²) in [5.74, 6) is 0. The van der Waals surface area contributed by atoms with Crippen molar-refractivity contribution < 1.29 is 13.3 Å². The molecule has 2 atom stereocenters. The SMILES string of the molecule is NC1CCCCC1NS(=O)(=O)c1cccc([N+](=O)[O-])c1. The summed E-state index contributed by atoms with van der Waals surface area (Å²) >= 11 is 0. The van der Waals surface area contributed by atoms with Gasteiger partial charge in [0, 0.05) is 24.2 Å². The second-order valence-electron chi connectivity index (χ2n) is 4.93. The summed E-state index contributed by atoms with van der Waals surface area (Å²) in [7, 11) is -3.78. The molecule has 0 heterocycles. The third-order valence-corrected chi connectivity index (χ3v) is 4.95. The van der Waals surface area contributed by atoms with Gasteiger partial charge in [-0.3, -0.25) is 10.1 Å². The molecule has 1 saturated carbocycles. The van der Waals surface area contributed by atoms with Gasteiger partial charge < -0.3 is 5.73 Å². The van der Waals surface area contributed by atoms with Gasteiger partial charge in [0.2, 0.25) is 10.0 Å². The monoisotopic (exact) mass is 299 g/mol. The van der Waals surface area contributed by atoms with Crippen LogP contribution >= 0.6 is 0 Å². The van der Waals surface area contributed by atoms with Crippen molar-refractivity contribution in [3.05, 3.63) is 34.4 Å². The summed E-state index contributed by atoms with van der Waals surface area (Å²) in [5.41, 5.74) is 5.66. The first-order valence-corrected chi connectivity index (χ1v) is 7.91. The molecule has 110 valence electrons. The Bertz CT molecular complexity index is 602. The van der Waals surface area contributed by atoms with Crippen molar-refractivity contribution in [2.24, 2.45) is 5.73 Å². The second-order valence-corrected chi connectivity index (χ2v) is 6.64. The molecule has 0 aliphatic heterocycles. The molecule has 0 saturated heterocycles. The molecule has 7 nitrogen and oxygen atoms in total. The number of hydrogen-bond acceptors (Lipinski definition) is 5. The number of rotatable bonds is 4. The Morgan fingerprint density at radius 1 is 1.30 bits per heavy atom. The molecule has 0 amide bonds. The Balaban J connectivity index is 2.21. The minimum absolute atomic E-state index is 0.107. The average molecular weight is 299 g/mol. The van der Waals surface area contributed by atoms with Crippen LogP contribution in [0.25, 0.3) is 0 Å². The van der Waals surface area contributed by atoms with Crippen LogP contribution in [-0.4, -0.2) is 25.4 Å². The number of hydrogen-bond donors (Lipinski definition) is 2. The zero-order chi connectivity index (χ0) is 14.8. The first-order chi connectivity index (χ1) is 9.40. The Morgan fingerprint density at radius 3 is 2.65 bits per heavy atom. The molecule has 1 aromatic carbocycles. The van der Waals surface area contributed by atoms with E-state index in [0.717, 1.165) is 25.3 Å². The van der Waals surface area contributed by atoms with Crippen molar-refractivity contribution in [3.63, 3.8) is 0 Å². The molecule has 3 N–H and O–H groups in total. The second kappa shape index (κ2) is 5.86. The van der Waals surface area contributed by atoms with Crippen LogP contribution in [0.2, 0.25) is 0 Å². The van der Waals surface area contributed by atoms with Gasteiger partial charge in [0.1, 0.15) is 0 Å². The lowest BCUT2D eigenvalue weighted by molar-refractivity contribution is -0.385. The lowest BCUT2D eigenvalue weighted by atomic mass is 9.92. The Labute approximate surface area is 117 Å². The minimum Gasteiger partial charge on any atom is -0.326 e. The highest BCUT2D eigenvalue weighted by atomic mass is 32.2. The predicted molar refractivity (Wildman–Crippen MR) is 73.6 cm³/mol. The number of nitrogens with two attached hydrogens (primary N) is 1. The van der Waals surface area contributed by atoms with Crippen LogP contribution in [0, 0.1) is 10.1 Å². The number of non-ortho nitro benzene ring substituents is 1. The van der Waals surface area contributed by atoms with E-state index in [1.165, 1.54) is 18.2 Å². The molecule has 1 aliphatic rings. The fourth-order valence-corrected chi connectivity index (χ4v) is 3.70. The van der Waals surface area contributed by atoms with Crippen LogP contribution in [0.5, 0.6) is 0 Å². The summed E-state index contributed by atoms with van der Waals surface area (Å²) < 4.78 is 27.0. The van der Waals surface area contributed by atoms with Gasteiger partial charge in [0.15, 0.2) is 0 Å². The summed E-state index contributed by atoms with van der Waals surface area (Å²) in [6.45, 7) is 0. The minimum atomic E-state index is -3.78. The van der Waals surface area contributed by atoms with E-state index in [0.29, 0.717) is 6.42 Å². The van der Waals surface area contributed by atoms with Crippen molar-refractivity contribution in [1.82, 2.24) is 4.72 Å². The van der Waals surface area contributed by atoms with E-state index >= 15 is 0 Å². The molecule has 0 bridgehead atoms. The molecule has 8 heteroatoms. The van der Waals surface area contributed by atoms with Gasteiger partial charge in [-0.05, 0) is 18.9 Å². The lowest BCUT2D eigenvalue weighted by Crippen LogP contribution is -2.49. The van der Waals surface area contributed by atoms with Crippen LogP contribution in [0.1, 0.15) is 25.7 Å². The van der Waals surface area contributed by atoms with Crippen molar-refractivity contribution in [1.29, 1.82) is 0 Å². The maximum absolute atomic E-state index is 12.2. The van der Waals surface area contributed by atoms with E-state index in [-0.39, 0.29) is 22.7 Å². The fraction of sp³-hybridized carbons (Fsp3) is 0.500. The average Bonchev–Trinajstić information content (AvgIpc) is 2.41. The van der Waals surface area contributed by atoms with Gasteiger partial charge in [-0.2, -0.15) is 0 Å². The fourth-order valence-electron chi connectivity index (χ4n) is 2.34. The summed E-state index contributed by atoms with van der Waals surface area (Å²) in [6, 6.07) is 4.48. The highest BCUT2D eigenvalue weighted by Crippen LogP contribution is 2.21. The predicted octanol–water partition coefficient (Wildman–Crippen LogP) is 1.14. The number of nitro groups is 1. The lowest BCUT2D eigenvalue weighted by Gasteiger charge is -2.28. The van der Waals surface area contributed by atoms with E-state index < -0.39 is 14.9 Å². The molecule has 20 heavy (non-hydrogen) atoms.